The third kappa shape index (κ3) is 5.84. The lowest BCUT2D eigenvalue weighted by molar-refractivity contribution is -0.198. The maximum atomic E-state index is 14.7. The van der Waals surface area contributed by atoms with Crippen molar-refractivity contribution in [1.29, 1.82) is 0 Å². The van der Waals surface area contributed by atoms with Crippen LogP contribution in [0.4, 0.5) is 24.9 Å². The average molecular weight is 599 g/mol. The van der Waals surface area contributed by atoms with E-state index in [4.69, 9.17) is 15.0 Å². The van der Waals surface area contributed by atoms with Crippen LogP contribution in [0.2, 0.25) is 0 Å². The summed E-state index contributed by atoms with van der Waals surface area (Å²) in [5.41, 5.74) is 7.55. The fraction of sp³-hybridized carbons (Fsp3) is 0.393. The zero-order chi connectivity index (χ0) is 30.4. The standard InChI is InChI=1S/C28H29F3N8O4/c1-16-4-7-39(37-16)21-10-17(18-13-34-42-14-18)2-3-19(21)24(28(29,30)31)43-23-11-22(35-26(32)36-23)38-8-5-27(6-9-38)12-20(25(40)41)33-15-27/h2-4,7,10-11,13-14,20,24,33H,5-6,8-9,12,15H2,1H3,(H,40,41)(H2,32,35,36)/t20-,24+/m0/s1. The summed E-state index contributed by atoms with van der Waals surface area (Å²) in [6.45, 7) is 3.39. The number of aryl methyl sites for hydroxylation is 1. The lowest BCUT2D eigenvalue weighted by atomic mass is 9.76. The van der Waals surface area contributed by atoms with Gasteiger partial charge in [0, 0.05) is 43.0 Å². The molecule has 4 aromatic rings. The summed E-state index contributed by atoms with van der Waals surface area (Å²) in [6, 6.07) is 6.88. The van der Waals surface area contributed by atoms with Gasteiger partial charge in [0.25, 0.3) is 0 Å². The van der Waals surface area contributed by atoms with Gasteiger partial charge in [0.1, 0.15) is 18.1 Å². The number of nitrogens with one attached hydrogen (secondary N) is 1. The van der Waals surface area contributed by atoms with Crippen molar-refractivity contribution < 1.29 is 32.3 Å². The van der Waals surface area contributed by atoms with Crippen LogP contribution in [0.15, 0.2) is 53.5 Å². The number of hydrogen-bond acceptors (Lipinski definition) is 10. The number of ether oxygens (including phenoxy) is 1. The Morgan fingerprint density at radius 1 is 1.21 bits per heavy atom. The molecular weight excluding hydrogens is 569 g/mol. The fourth-order valence-electron chi connectivity index (χ4n) is 5.80. The number of carboxylic acid groups (broad SMARTS) is 1. The zero-order valence-electron chi connectivity index (χ0n) is 23.1. The number of piperidine rings is 1. The second-order valence-electron chi connectivity index (χ2n) is 11.0. The highest BCUT2D eigenvalue weighted by Crippen LogP contribution is 2.42. The van der Waals surface area contributed by atoms with Gasteiger partial charge in [0.05, 0.1) is 17.6 Å². The number of nitrogen functional groups attached to an aromatic ring is 1. The molecule has 2 atom stereocenters. The first-order valence-electron chi connectivity index (χ1n) is 13.7. The first-order valence-corrected chi connectivity index (χ1v) is 13.7. The monoisotopic (exact) mass is 598 g/mol. The molecule has 0 amide bonds. The maximum Gasteiger partial charge on any atom is 0.429 e. The van der Waals surface area contributed by atoms with Crippen LogP contribution in [-0.4, -0.2) is 67.8 Å². The van der Waals surface area contributed by atoms with Crippen molar-refractivity contribution in [3.63, 3.8) is 0 Å². The van der Waals surface area contributed by atoms with Gasteiger partial charge < -0.3 is 30.3 Å². The van der Waals surface area contributed by atoms with Gasteiger partial charge in [0.15, 0.2) is 0 Å². The highest BCUT2D eigenvalue weighted by atomic mass is 19.4. The van der Waals surface area contributed by atoms with Crippen LogP contribution < -0.4 is 20.7 Å². The number of anilines is 2. The van der Waals surface area contributed by atoms with Crippen molar-refractivity contribution in [1.82, 2.24) is 30.2 Å². The van der Waals surface area contributed by atoms with Gasteiger partial charge in [-0.05, 0) is 49.3 Å². The number of halogens is 3. The number of aliphatic carboxylic acids is 1. The molecule has 2 fully saturated rings. The molecule has 0 saturated carbocycles. The highest BCUT2D eigenvalue weighted by Gasteiger charge is 2.46. The molecule has 2 saturated heterocycles. The molecule has 0 radical (unpaired) electrons. The number of alkyl halides is 3. The number of nitrogens with two attached hydrogens (primary N) is 1. The Balaban J connectivity index is 1.29. The number of rotatable bonds is 7. The molecule has 1 spiro atoms. The van der Waals surface area contributed by atoms with Crippen molar-refractivity contribution in [2.75, 3.05) is 30.3 Å². The normalized spacial score (nSPS) is 19.1. The van der Waals surface area contributed by atoms with Crippen LogP contribution in [0.1, 0.15) is 36.6 Å². The second-order valence-corrected chi connectivity index (χ2v) is 11.0. The predicted molar refractivity (Wildman–Crippen MR) is 148 cm³/mol. The first kappa shape index (κ1) is 28.5. The Bertz CT molecular complexity index is 1620. The van der Waals surface area contributed by atoms with Crippen molar-refractivity contribution in [2.45, 2.75) is 44.5 Å². The van der Waals surface area contributed by atoms with Crippen LogP contribution >= 0.6 is 0 Å². The van der Waals surface area contributed by atoms with Crippen LogP contribution in [0.25, 0.3) is 16.8 Å². The number of carbonyl (C=O) groups is 1. The van der Waals surface area contributed by atoms with Crippen molar-refractivity contribution in [3.8, 4) is 22.7 Å². The predicted octanol–water partition coefficient (Wildman–Crippen LogP) is 3.92. The van der Waals surface area contributed by atoms with Crippen LogP contribution in [0.5, 0.6) is 5.88 Å². The SMILES string of the molecule is Cc1ccn(-c2cc(-c3cnoc3)ccc2[C@@H](Oc2cc(N3CCC4(CC3)CN[C@H](C(=O)O)C4)nc(N)n2)C(F)(F)F)n1. The number of nitrogens with zero attached hydrogens (tertiary/aromatic N) is 6. The van der Waals surface area contributed by atoms with Gasteiger partial charge in [-0.1, -0.05) is 17.3 Å². The molecule has 2 aliphatic heterocycles. The Morgan fingerprint density at radius 3 is 2.63 bits per heavy atom. The highest BCUT2D eigenvalue weighted by molar-refractivity contribution is 5.74. The Morgan fingerprint density at radius 2 is 2.00 bits per heavy atom. The molecule has 15 heteroatoms. The number of carboxylic acids is 1. The van der Waals surface area contributed by atoms with E-state index in [0.29, 0.717) is 61.5 Å². The molecule has 5 heterocycles. The summed E-state index contributed by atoms with van der Waals surface area (Å²) >= 11 is 0. The van der Waals surface area contributed by atoms with E-state index in [9.17, 15) is 23.1 Å². The van der Waals surface area contributed by atoms with Gasteiger partial charge in [-0.3, -0.25) is 4.79 Å². The average Bonchev–Trinajstić information content (AvgIpc) is 3.73. The molecule has 1 aromatic carbocycles. The molecule has 2 aliphatic rings. The number of hydrogen-bond donors (Lipinski definition) is 3. The first-order chi connectivity index (χ1) is 20.5. The van der Waals surface area contributed by atoms with E-state index in [-0.39, 0.29) is 28.5 Å². The molecule has 3 aromatic heterocycles. The summed E-state index contributed by atoms with van der Waals surface area (Å²) in [6.07, 6.45) is -0.894. The third-order valence-electron chi connectivity index (χ3n) is 8.10. The molecule has 6 rings (SSSR count). The molecule has 43 heavy (non-hydrogen) atoms. The minimum atomic E-state index is -4.83. The van der Waals surface area contributed by atoms with E-state index in [1.165, 1.54) is 35.3 Å². The second kappa shape index (κ2) is 10.9. The largest absolute Gasteiger partial charge is 0.480 e. The van der Waals surface area contributed by atoms with Crippen molar-refractivity contribution in [3.05, 3.63) is 60.2 Å². The molecule has 12 nitrogen and oxygen atoms in total. The van der Waals surface area contributed by atoms with E-state index in [0.717, 1.165) is 0 Å². The molecule has 226 valence electrons. The fourth-order valence-corrected chi connectivity index (χ4v) is 5.80. The Kier molecular flexibility index (Phi) is 7.20. The van der Waals surface area contributed by atoms with E-state index in [2.05, 4.69) is 25.5 Å². The summed E-state index contributed by atoms with van der Waals surface area (Å²) in [7, 11) is 0. The maximum absolute atomic E-state index is 14.7. The molecule has 0 bridgehead atoms. The summed E-state index contributed by atoms with van der Waals surface area (Å²) in [4.78, 5) is 21.5. The quantitative estimate of drug-likeness (QED) is 0.283. The van der Waals surface area contributed by atoms with Crippen molar-refractivity contribution >= 4 is 17.7 Å². The van der Waals surface area contributed by atoms with E-state index in [1.54, 1.807) is 25.3 Å². The molecule has 0 aliphatic carbocycles. The van der Waals surface area contributed by atoms with E-state index < -0.39 is 24.3 Å². The lowest BCUT2D eigenvalue weighted by Gasteiger charge is -2.39. The third-order valence-corrected chi connectivity index (χ3v) is 8.10. The van der Waals surface area contributed by atoms with Gasteiger partial charge in [-0.2, -0.15) is 28.2 Å². The van der Waals surface area contributed by atoms with Gasteiger partial charge in [-0.15, -0.1) is 0 Å². The van der Waals surface area contributed by atoms with Gasteiger partial charge >= 0.3 is 12.1 Å². The Labute approximate surface area is 243 Å². The van der Waals surface area contributed by atoms with Gasteiger partial charge in [-0.25, -0.2) is 4.68 Å². The number of benzene rings is 1. The van der Waals surface area contributed by atoms with Gasteiger partial charge in [0.2, 0.25) is 17.9 Å². The van der Waals surface area contributed by atoms with Crippen LogP contribution in [0, 0.1) is 12.3 Å². The zero-order valence-corrected chi connectivity index (χ0v) is 23.1. The molecule has 0 unspecified atom stereocenters. The van der Waals surface area contributed by atoms with Crippen molar-refractivity contribution in [2.24, 2.45) is 5.41 Å². The number of aromatic nitrogens is 5. The topological polar surface area (TPSA) is 157 Å². The van der Waals surface area contributed by atoms with Crippen LogP contribution in [0.3, 0.4) is 0 Å². The minimum Gasteiger partial charge on any atom is -0.480 e. The summed E-state index contributed by atoms with van der Waals surface area (Å²) < 4.78 is 55.9. The Hall–Kier alpha value is -4.66. The van der Waals surface area contributed by atoms with Crippen LogP contribution in [-0.2, 0) is 4.79 Å². The van der Waals surface area contributed by atoms with E-state index >= 15 is 0 Å². The summed E-state index contributed by atoms with van der Waals surface area (Å²) in [5, 5.41) is 20.4. The van der Waals surface area contributed by atoms with E-state index in [1.807, 2.05) is 4.90 Å². The smallest absolute Gasteiger partial charge is 0.429 e. The minimum absolute atomic E-state index is 0.154. The summed E-state index contributed by atoms with van der Waals surface area (Å²) in [5.74, 6) is -1.09. The lowest BCUT2D eigenvalue weighted by Crippen LogP contribution is -2.41. The molecule has 4 N–H and O–H groups in total. The molecular formula is C28H29F3N8O4.